The number of halogens is 1. The lowest BCUT2D eigenvalue weighted by Crippen LogP contribution is -1.97. The number of nitrogens with two attached hydrogens (primary N) is 1. The molecule has 0 aliphatic heterocycles. The molecule has 18 heavy (non-hydrogen) atoms. The maximum atomic E-state index is 6.05. The fourth-order valence-electron chi connectivity index (χ4n) is 1.82. The van der Waals surface area contributed by atoms with E-state index < -0.39 is 0 Å². The Morgan fingerprint density at radius 3 is 2.33 bits per heavy atom. The number of hydrogen-bond acceptors (Lipinski definition) is 2. The van der Waals surface area contributed by atoms with E-state index in [0.29, 0.717) is 18.2 Å². The van der Waals surface area contributed by atoms with Crippen molar-refractivity contribution < 1.29 is 4.74 Å². The molecule has 0 bridgehead atoms. The molecule has 2 aromatic carbocycles. The minimum atomic E-state index is 0.448. The highest BCUT2D eigenvalue weighted by molar-refractivity contribution is 6.31. The van der Waals surface area contributed by atoms with Crippen molar-refractivity contribution in [3.63, 3.8) is 0 Å². The third-order valence-corrected chi connectivity index (χ3v) is 3.13. The van der Waals surface area contributed by atoms with Crippen molar-refractivity contribution in [2.24, 2.45) is 5.73 Å². The maximum Gasteiger partial charge on any atom is 0.119 e. The Balaban J connectivity index is 2.30. The number of ether oxygens (including phenoxy) is 1. The fraction of sp³-hybridized carbons (Fsp3) is 0.200. The van der Waals surface area contributed by atoms with Crippen molar-refractivity contribution >= 4 is 11.6 Å². The summed E-state index contributed by atoms with van der Waals surface area (Å²) in [5.74, 6) is 0.884. The summed E-state index contributed by atoms with van der Waals surface area (Å²) in [5.41, 5.74) is 8.86. The van der Waals surface area contributed by atoms with Crippen molar-refractivity contribution in [2.75, 3.05) is 6.61 Å². The molecule has 2 nitrogen and oxygen atoms in total. The van der Waals surface area contributed by atoms with Gasteiger partial charge in [0.25, 0.3) is 0 Å². The van der Waals surface area contributed by atoms with E-state index in [2.05, 4.69) is 0 Å². The van der Waals surface area contributed by atoms with Crippen molar-refractivity contribution in [3.05, 3.63) is 53.1 Å². The second kappa shape index (κ2) is 5.89. The molecule has 0 atom stereocenters. The average molecular weight is 262 g/mol. The summed E-state index contributed by atoms with van der Waals surface area (Å²) >= 11 is 6.05. The molecule has 0 saturated carbocycles. The summed E-state index contributed by atoms with van der Waals surface area (Å²) in [5, 5.41) is 0.715. The molecule has 0 aliphatic rings. The molecule has 3 heteroatoms. The summed E-state index contributed by atoms with van der Waals surface area (Å²) in [6.45, 7) is 3.10. The molecule has 94 valence electrons. The first-order valence-corrected chi connectivity index (χ1v) is 6.34. The van der Waals surface area contributed by atoms with Crippen LogP contribution < -0.4 is 10.5 Å². The van der Waals surface area contributed by atoms with Crippen LogP contribution >= 0.6 is 11.6 Å². The molecule has 0 spiro atoms. The van der Waals surface area contributed by atoms with Gasteiger partial charge in [0, 0.05) is 11.6 Å². The molecule has 2 rings (SSSR count). The monoisotopic (exact) mass is 261 g/mol. The molecular formula is C15H16ClNO. The van der Waals surface area contributed by atoms with Crippen LogP contribution in [0.25, 0.3) is 11.1 Å². The first-order valence-electron chi connectivity index (χ1n) is 5.96. The van der Waals surface area contributed by atoms with Gasteiger partial charge in [-0.1, -0.05) is 29.8 Å². The van der Waals surface area contributed by atoms with Gasteiger partial charge >= 0.3 is 0 Å². The lowest BCUT2D eigenvalue weighted by molar-refractivity contribution is 0.340. The molecule has 0 aliphatic carbocycles. The van der Waals surface area contributed by atoms with Crippen molar-refractivity contribution in [1.82, 2.24) is 0 Å². The zero-order valence-corrected chi connectivity index (χ0v) is 11.1. The molecule has 0 amide bonds. The zero-order valence-electron chi connectivity index (χ0n) is 10.3. The predicted molar refractivity (Wildman–Crippen MR) is 75.9 cm³/mol. The van der Waals surface area contributed by atoms with E-state index in [9.17, 15) is 0 Å². The van der Waals surface area contributed by atoms with Gasteiger partial charge in [-0.25, -0.2) is 0 Å². The summed E-state index contributed by atoms with van der Waals surface area (Å²) in [4.78, 5) is 0. The molecule has 0 fully saturated rings. The van der Waals surface area contributed by atoms with Crippen LogP contribution in [0.3, 0.4) is 0 Å². The van der Waals surface area contributed by atoms with Gasteiger partial charge in [0.15, 0.2) is 0 Å². The normalized spacial score (nSPS) is 10.4. The molecule has 2 N–H and O–H groups in total. The van der Waals surface area contributed by atoms with Gasteiger partial charge in [0.1, 0.15) is 5.75 Å². The second-order valence-electron chi connectivity index (χ2n) is 3.97. The molecule has 0 saturated heterocycles. The average Bonchev–Trinajstić information content (AvgIpc) is 2.41. The topological polar surface area (TPSA) is 35.2 Å². The van der Waals surface area contributed by atoms with E-state index in [1.165, 1.54) is 0 Å². The first kappa shape index (κ1) is 12.9. The second-order valence-corrected chi connectivity index (χ2v) is 4.37. The molecule has 0 unspecified atom stereocenters. The molecule has 0 heterocycles. The van der Waals surface area contributed by atoms with Crippen LogP contribution in [0.15, 0.2) is 42.5 Å². The standard InChI is InChI=1S/C15H16ClNO/c1-2-18-14-6-3-11(4-7-14)12-5-8-15(16)13(9-12)10-17/h3-9H,2,10,17H2,1H3. The van der Waals surface area contributed by atoms with Crippen LogP contribution in [0.5, 0.6) is 5.75 Å². The van der Waals surface area contributed by atoms with E-state index in [-0.39, 0.29) is 0 Å². The Bertz CT molecular complexity index is 523. The largest absolute Gasteiger partial charge is 0.494 e. The fourth-order valence-corrected chi connectivity index (χ4v) is 2.02. The van der Waals surface area contributed by atoms with E-state index in [1.807, 2.05) is 49.4 Å². The lowest BCUT2D eigenvalue weighted by atomic mass is 10.0. The SMILES string of the molecule is CCOc1ccc(-c2ccc(Cl)c(CN)c2)cc1. The summed E-state index contributed by atoms with van der Waals surface area (Å²) < 4.78 is 5.42. The van der Waals surface area contributed by atoms with Crippen LogP contribution in [-0.4, -0.2) is 6.61 Å². The highest BCUT2D eigenvalue weighted by Crippen LogP contribution is 2.26. The van der Waals surface area contributed by atoms with Crippen LogP contribution in [-0.2, 0) is 6.54 Å². The summed E-state index contributed by atoms with van der Waals surface area (Å²) in [6, 6.07) is 13.9. The Kier molecular flexibility index (Phi) is 4.24. The zero-order chi connectivity index (χ0) is 13.0. The predicted octanol–water partition coefficient (Wildman–Crippen LogP) is 3.86. The van der Waals surface area contributed by atoms with E-state index in [4.69, 9.17) is 22.1 Å². The molecule has 0 aromatic heterocycles. The molecular weight excluding hydrogens is 246 g/mol. The quantitative estimate of drug-likeness (QED) is 0.907. The third kappa shape index (κ3) is 2.84. The Morgan fingerprint density at radius 1 is 1.06 bits per heavy atom. The Hall–Kier alpha value is -1.51. The number of rotatable bonds is 4. The van der Waals surface area contributed by atoms with Crippen LogP contribution in [0, 0.1) is 0 Å². The molecule has 2 aromatic rings. The van der Waals surface area contributed by atoms with Crippen LogP contribution in [0.4, 0.5) is 0 Å². The van der Waals surface area contributed by atoms with Gasteiger partial charge < -0.3 is 10.5 Å². The van der Waals surface area contributed by atoms with Gasteiger partial charge in [0.05, 0.1) is 6.61 Å². The summed E-state index contributed by atoms with van der Waals surface area (Å²) in [7, 11) is 0. The lowest BCUT2D eigenvalue weighted by Gasteiger charge is -2.08. The highest BCUT2D eigenvalue weighted by atomic mass is 35.5. The van der Waals surface area contributed by atoms with Gasteiger partial charge in [0.2, 0.25) is 0 Å². The Morgan fingerprint density at radius 2 is 1.72 bits per heavy atom. The van der Waals surface area contributed by atoms with Crippen LogP contribution in [0.1, 0.15) is 12.5 Å². The smallest absolute Gasteiger partial charge is 0.119 e. The van der Waals surface area contributed by atoms with Gasteiger partial charge in [-0.3, -0.25) is 0 Å². The molecule has 0 radical (unpaired) electrons. The van der Waals surface area contributed by atoms with Crippen molar-refractivity contribution in [3.8, 4) is 16.9 Å². The minimum absolute atomic E-state index is 0.448. The van der Waals surface area contributed by atoms with Crippen molar-refractivity contribution in [1.29, 1.82) is 0 Å². The van der Waals surface area contributed by atoms with E-state index >= 15 is 0 Å². The number of benzene rings is 2. The summed E-state index contributed by atoms with van der Waals surface area (Å²) in [6.07, 6.45) is 0. The van der Waals surface area contributed by atoms with Gasteiger partial charge in [-0.05, 0) is 47.9 Å². The van der Waals surface area contributed by atoms with E-state index in [1.54, 1.807) is 0 Å². The van der Waals surface area contributed by atoms with Crippen molar-refractivity contribution in [2.45, 2.75) is 13.5 Å². The maximum absolute atomic E-state index is 6.05. The van der Waals surface area contributed by atoms with Gasteiger partial charge in [-0.2, -0.15) is 0 Å². The highest BCUT2D eigenvalue weighted by Gasteiger charge is 2.03. The van der Waals surface area contributed by atoms with Crippen LogP contribution in [0.2, 0.25) is 5.02 Å². The number of hydrogen-bond donors (Lipinski definition) is 1. The third-order valence-electron chi connectivity index (χ3n) is 2.76. The van der Waals surface area contributed by atoms with E-state index in [0.717, 1.165) is 22.4 Å². The Labute approximate surface area is 112 Å². The minimum Gasteiger partial charge on any atom is -0.494 e. The first-order chi connectivity index (χ1) is 8.74. The van der Waals surface area contributed by atoms with Gasteiger partial charge in [-0.15, -0.1) is 0 Å².